The summed E-state index contributed by atoms with van der Waals surface area (Å²) < 4.78 is 43.5. The molecule has 2 aromatic carbocycles. The van der Waals surface area contributed by atoms with Crippen molar-refractivity contribution in [2.75, 3.05) is 45.3 Å². The van der Waals surface area contributed by atoms with E-state index in [9.17, 15) is 13.2 Å². The van der Waals surface area contributed by atoms with Gasteiger partial charge in [-0.05, 0) is 54.8 Å². The third-order valence-corrected chi connectivity index (χ3v) is 7.00. The van der Waals surface area contributed by atoms with Crippen LogP contribution in [0.5, 0.6) is 11.5 Å². The van der Waals surface area contributed by atoms with Gasteiger partial charge in [-0.3, -0.25) is 4.79 Å². The van der Waals surface area contributed by atoms with Crippen LogP contribution in [0.15, 0.2) is 47.4 Å². The van der Waals surface area contributed by atoms with Crippen molar-refractivity contribution in [3.05, 3.63) is 48.0 Å². The van der Waals surface area contributed by atoms with Gasteiger partial charge in [-0.25, -0.2) is 8.42 Å². The summed E-state index contributed by atoms with van der Waals surface area (Å²) in [6, 6.07) is 11.3. The molecule has 8 nitrogen and oxygen atoms in total. The lowest BCUT2D eigenvalue weighted by molar-refractivity contribution is 0.0730. The Morgan fingerprint density at radius 1 is 1.12 bits per heavy atom. The van der Waals surface area contributed by atoms with Crippen molar-refractivity contribution in [2.45, 2.75) is 25.2 Å². The highest BCUT2D eigenvalue weighted by Gasteiger charge is 2.27. The molecule has 0 unspecified atom stereocenters. The first-order valence-corrected chi connectivity index (χ1v) is 12.1. The first-order valence-electron chi connectivity index (χ1n) is 10.6. The Labute approximate surface area is 189 Å². The van der Waals surface area contributed by atoms with E-state index in [1.54, 1.807) is 24.3 Å². The summed E-state index contributed by atoms with van der Waals surface area (Å²) in [6.07, 6.45) is 0.950. The van der Waals surface area contributed by atoms with E-state index in [1.807, 2.05) is 0 Å². The molecule has 1 N–H and O–H groups in total. The summed E-state index contributed by atoms with van der Waals surface area (Å²) in [5, 5.41) is 2.76. The van der Waals surface area contributed by atoms with Crippen LogP contribution in [0.3, 0.4) is 0 Å². The Morgan fingerprint density at radius 2 is 1.81 bits per heavy atom. The third kappa shape index (κ3) is 5.99. The highest BCUT2D eigenvalue weighted by atomic mass is 32.2. The summed E-state index contributed by atoms with van der Waals surface area (Å²) in [7, 11) is -2.24. The zero-order valence-corrected chi connectivity index (χ0v) is 19.5. The molecule has 9 heteroatoms. The number of carbonyl (C=O) groups is 1. The Balaban J connectivity index is 1.74. The fourth-order valence-corrected chi connectivity index (χ4v) is 4.63. The number of benzene rings is 2. The van der Waals surface area contributed by atoms with Crippen molar-refractivity contribution in [1.82, 2.24) is 4.31 Å². The van der Waals surface area contributed by atoms with Gasteiger partial charge in [0.15, 0.2) is 0 Å². The number of methoxy groups -OCH3 is 1. The molecule has 1 saturated heterocycles. The molecule has 0 aliphatic carbocycles. The van der Waals surface area contributed by atoms with Crippen molar-refractivity contribution in [2.24, 2.45) is 5.92 Å². The summed E-state index contributed by atoms with van der Waals surface area (Å²) in [4.78, 5) is 12.9. The van der Waals surface area contributed by atoms with Crippen molar-refractivity contribution < 1.29 is 27.4 Å². The van der Waals surface area contributed by atoms with Gasteiger partial charge in [-0.15, -0.1) is 0 Å². The first kappa shape index (κ1) is 24.0. The van der Waals surface area contributed by atoms with Crippen LogP contribution >= 0.6 is 0 Å². The lowest BCUT2D eigenvalue weighted by atomic mass is 10.1. The number of amides is 1. The molecule has 32 heavy (non-hydrogen) atoms. The minimum absolute atomic E-state index is 0.0874. The Bertz CT molecular complexity index is 1020. The maximum atomic E-state index is 13.0. The molecule has 0 aromatic heterocycles. The maximum Gasteiger partial charge on any atom is 0.255 e. The van der Waals surface area contributed by atoms with E-state index in [0.29, 0.717) is 55.9 Å². The normalized spacial score (nSPS) is 14.9. The van der Waals surface area contributed by atoms with Crippen LogP contribution in [0.2, 0.25) is 0 Å². The topological polar surface area (TPSA) is 94.2 Å². The van der Waals surface area contributed by atoms with Gasteiger partial charge in [-0.2, -0.15) is 4.31 Å². The monoisotopic (exact) mass is 462 g/mol. The summed E-state index contributed by atoms with van der Waals surface area (Å²) in [5.74, 6) is 1.24. The number of hydrogen-bond donors (Lipinski definition) is 1. The van der Waals surface area contributed by atoms with Gasteiger partial charge in [0, 0.05) is 18.7 Å². The number of nitrogens with one attached hydrogen (secondary N) is 1. The molecule has 2 aromatic rings. The highest BCUT2D eigenvalue weighted by Crippen LogP contribution is 2.30. The van der Waals surface area contributed by atoms with Crippen molar-refractivity contribution in [3.8, 4) is 11.5 Å². The Kier molecular flexibility index (Phi) is 8.11. The number of hydrogen-bond acceptors (Lipinski definition) is 6. The van der Waals surface area contributed by atoms with Crippen LogP contribution in [0, 0.1) is 5.92 Å². The van der Waals surface area contributed by atoms with Crippen LogP contribution in [-0.2, 0) is 14.8 Å². The predicted octanol–water partition coefficient (Wildman–Crippen LogP) is 3.39. The molecule has 1 fully saturated rings. The Hall–Kier alpha value is -2.62. The van der Waals surface area contributed by atoms with E-state index < -0.39 is 10.0 Å². The van der Waals surface area contributed by atoms with E-state index >= 15 is 0 Å². The van der Waals surface area contributed by atoms with Gasteiger partial charge < -0.3 is 19.5 Å². The lowest BCUT2D eigenvalue weighted by Gasteiger charge is -2.26. The number of sulfonamides is 1. The van der Waals surface area contributed by atoms with Crippen molar-refractivity contribution in [3.63, 3.8) is 0 Å². The zero-order valence-electron chi connectivity index (χ0n) is 18.7. The van der Waals surface area contributed by atoms with Crippen molar-refractivity contribution >= 4 is 21.6 Å². The predicted molar refractivity (Wildman–Crippen MR) is 122 cm³/mol. The van der Waals surface area contributed by atoms with Gasteiger partial charge in [0.1, 0.15) is 11.5 Å². The molecule has 174 valence electrons. The summed E-state index contributed by atoms with van der Waals surface area (Å²) in [5.41, 5.74) is 0.703. The maximum absolute atomic E-state index is 13.0. The number of anilines is 1. The van der Waals surface area contributed by atoms with Crippen LogP contribution in [0.1, 0.15) is 30.6 Å². The van der Waals surface area contributed by atoms with E-state index in [4.69, 9.17) is 14.2 Å². The second kappa shape index (κ2) is 10.8. The largest absolute Gasteiger partial charge is 0.495 e. The Morgan fingerprint density at radius 3 is 2.44 bits per heavy atom. The average Bonchev–Trinajstić information content (AvgIpc) is 2.79. The lowest BCUT2D eigenvalue weighted by Crippen LogP contribution is -2.40. The minimum atomic E-state index is -3.70. The number of carbonyl (C=O) groups excluding carboxylic acids is 1. The van der Waals surface area contributed by atoms with E-state index in [0.717, 1.165) is 6.42 Å². The SMILES string of the molecule is COc1ccc(S(=O)(=O)N2CCOCC2)cc1NC(=O)c1ccc(OCCC(C)C)cc1. The van der Waals surface area contributed by atoms with Crippen LogP contribution < -0.4 is 14.8 Å². The fraction of sp³-hybridized carbons (Fsp3) is 0.435. The molecule has 0 radical (unpaired) electrons. The highest BCUT2D eigenvalue weighted by molar-refractivity contribution is 7.89. The molecule has 0 bridgehead atoms. The second-order valence-electron chi connectivity index (χ2n) is 7.89. The molecule has 3 rings (SSSR count). The molecule has 1 amide bonds. The molecule has 0 saturated carbocycles. The fourth-order valence-electron chi connectivity index (χ4n) is 3.19. The summed E-state index contributed by atoms with van der Waals surface area (Å²) in [6.45, 7) is 6.18. The van der Waals surface area contributed by atoms with Crippen molar-refractivity contribution in [1.29, 1.82) is 0 Å². The number of nitrogens with zero attached hydrogens (tertiary/aromatic N) is 1. The third-order valence-electron chi connectivity index (χ3n) is 5.11. The average molecular weight is 463 g/mol. The second-order valence-corrected chi connectivity index (χ2v) is 9.83. The minimum Gasteiger partial charge on any atom is -0.495 e. The number of rotatable bonds is 9. The smallest absolute Gasteiger partial charge is 0.255 e. The molecular formula is C23H30N2O6S. The quantitative estimate of drug-likeness (QED) is 0.614. The number of ether oxygens (including phenoxy) is 3. The first-order chi connectivity index (χ1) is 15.3. The van der Waals surface area contributed by atoms with Gasteiger partial charge in [0.2, 0.25) is 10.0 Å². The van der Waals surface area contributed by atoms with Crippen LogP contribution in [-0.4, -0.2) is 58.7 Å². The summed E-state index contributed by atoms with van der Waals surface area (Å²) >= 11 is 0. The van der Waals surface area contributed by atoms with Gasteiger partial charge in [-0.1, -0.05) is 13.8 Å². The van der Waals surface area contributed by atoms with Gasteiger partial charge >= 0.3 is 0 Å². The molecule has 1 aliphatic rings. The number of morpholine rings is 1. The van der Waals surface area contributed by atoms with Gasteiger partial charge in [0.05, 0.1) is 37.5 Å². The molecule has 1 aliphatic heterocycles. The molecular weight excluding hydrogens is 432 g/mol. The molecule has 0 atom stereocenters. The molecule has 0 spiro atoms. The van der Waals surface area contributed by atoms with E-state index in [1.165, 1.54) is 29.6 Å². The van der Waals surface area contributed by atoms with Crippen LogP contribution in [0.25, 0.3) is 0 Å². The van der Waals surface area contributed by atoms with E-state index in [2.05, 4.69) is 19.2 Å². The molecule has 1 heterocycles. The van der Waals surface area contributed by atoms with E-state index in [-0.39, 0.29) is 16.5 Å². The van der Waals surface area contributed by atoms with Crippen LogP contribution in [0.4, 0.5) is 5.69 Å². The standard InChI is InChI=1S/C23H30N2O6S/c1-17(2)10-13-31-19-6-4-18(5-7-19)23(26)24-21-16-20(8-9-22(21)29-3)32(27,28)25-11-14-30-15-12-25/h4-9,16-17H,10-15H2,1-3H3,(H,24,26). The van der Waals surface area contributed by atoms with Gasteiger partial charge in [0.25, 0.3) is 5.91 Å². The zero-order chi connectivity index (χ0) is 23.1.